The Morgan fingerprint density at radius 1 is 1.25 bits per heavy atom. The molecule has 0 aromatic rings. The van der Waals surface area contributed by atoms with Crippen LogP contribution in [-0.2, 0) is 14.4 Å². The summed E-state index contributed by atoms with van der Waals surface area (Å²) >= 11 is 0. The molecule has 7 nitrogen and oxygen atoms in total. The summed E-state index contributed by atoms with van der Waals surface area (Å²) < 4.78 is 0. The fourth-order valence-electron chi connectivity index (χ4n) is 0.722. The first-order valence-electron chi connectivity index (χ1n) is 4.59. The van der Waals surface area contributed by atoms with Gasteiger partial charge in [0.25, 0.3) is 5.91 Å². The van der Waals surface area contributed by atoms with Crippen molar-refractivity contribution in [1.82, 2.24) is 10.9 Å². The minimum atomic E-state index is -1.25. The monoisotopic (exact) mass is 230 g/mol. The van der Waals surface area contributed by atoms with Crippen molar-refractivity contribution in [3.8, 4) is 0 Å². The maximum Gasteiger partial charge on any atom is 0.328 e. The van der Waals surface area contributed by atoms with E-state index in [1.165, 1.54) is 0 Å². The summed E-state index contributed by atoms with van der Waals surface area (Å²) in [5.41, 5.74) is 4.06. The quantitative estimate of drug-likeness (QED) is 0.355. The fourth-order valence-corrected chi connectivity index (χ4v) is 0.722. The number of aliphatic hydroxyl groups is 1. The number of aliphatic carboxylic acids is 1. The average Bonchev–Trinajstić information content (AvgIpc) is 2.20. The van der Waals surface area contributed by atoms with E-state index in [2.05, 4.69) is 5.43 Å². The third-order valence-corrected chi connectivity index (χ3v) is 1.49. The highest BCUT2D eigenvalue weighted by Gasteiger charge is 2.04. The standard InChI is InChI=1S/C9H14N2O5/c1-6(12)2-3-7(13)10-11-8(14)4-5-9(15)16/h4-6,12H,2-3H2,1H3,(H,10,13)(H,11,14)(H,15,16)/b5-4+. The second kappa shape index (κ2) is 7.41. The lowest BCUT2D eigenvalue weighted by atomic mass is 10.2. The first-order chi connectivity index (χ1) is 7.41. The molecule has 0 saturated heterocycles. The molecule has 2 amide bonds. The van der Waals surface area contributed by atoms with Gasteiger partial charge >= 0.3 is 5.97 Å². The van der Waals surface area contributed by atoms with Crippen molar-refractivity contribution in [2.75, 3.05) is 0 Å². The van der Waals surface area contributed by atoms with Crippen LogP contribution in [0.4, 0.5) is 0 Å². The molecule has 0 rings (SSSR count). The van der Waals surface area contributed by atoms with E-state index in [1.807, 2.05) is 5.43 Å². The van der Waals surface area contributed by atoms with Gasteiger partial charge in [-0.3, -0.25) is 20.4 Å². The molecule has 0 aromatic carbocycles. The Morgan fingerprint density at radius 2 is 1.88 bits per heavy atom. The smallest absolute Gasteiger partial charge is 0.328 e. The number of nitrogens with one attached hydrogen (secondary N) is 2. The number of hydrazine groups is 1. The lowest BCUT2D eigenvalue weighted by Gasteiger charge is -2.06. The minimum Gasteiger partial charge on any atom is -0.478 e. The Morgan fingerprint density at radius 3 is 2.38 bits per heavy atom. The van der Waals surface area contributed by atoms with Gasteiger partial charge in [-0.15, -0.1) is 0 Å². The van der Waals surface area contributed by atoms with Crippen LogP contribution >= 0.6 is 0 Å². The van der Waals surface area contributed by atoms with E-state index in [4.69, 9.17) is 10.2 Å². The van der Waals surface area contributed by atoms with Crippen LogP contribution in [0.3, 0.4) is 0 Å². The zero-order valence-corrected chi connectivity index (χ0v) is 8.77. The summed E-state index contributed by atoms with van der Waals surface area (Å²) in [4.78, 5) is 31.9. The Labute approximate surface area is 92.1 Å². The molecule has 0 saturated carbocycles. The topological polar surface area (TPSA) is 116 Å². The summed E-state index contributed by atoms with van der Waals surface area (Å²) in [5.74, 6) is -2.46. The maximum atomic E-state index is 11.0. The molecule has 0 fully saturated rings. The molecule has 16 heavy (non-hydrogen) atoms. The summed E-state index contributed by atoms with van der Waals surface area (Å²) in [5, 5.41) is 17.1. The van der Waals surface area contributed by atoms with Gasteiger partial charge in [0.1, 0.15) is 0 Å². The van der Waals surface area contributed by atoms with Crippen LogP contribution < -0.4 is 10.9 Å². The highest BCUT2D eigenvalue weighted by atomic mass is 16.4. The van der Waals surface area contributed by atoms with Gasteiger partial charge in [0.2, 0.25) is 5.91 Å². The molecule has 0 spiro atoms. The lowest BCUT2D eigenvalue weighted by Crippen LogP contribution is -2.40. The number of rotatable bonds is 5. The molecule has 7 heteroatoms. The number of hydrogen-bond acceptors (Lipinski definition) is 4. The normalized spacial score (nSPS) is 12.1. The SMILES string of the molecule is CC(O)CCC(=O)NNC(=O)/C=C/C(=O)O. The highest BCUT2D eigenvalue weighted by Crippen LogP contribution is 1.94. The number of hydrogen-bond donors (Lipinski definition) is 4. The number of carbonyl (C=O) groups excluding carboxylic acids is 2. The van der Waals surface area contributed by atoms with E-state index in [-0.39, 0.29) is 12.8 Å². The molecule has 0 aliphatic carbocycles. The van der Waals surface area contributed by atoms with Gasteiger partial charge in [-0.25, -0.2) is 4.79 Å². The molecular weight excluding hydrogens is 216 g/mol. The molecule has 90 valence electrons. The van der Waals surface area contributed by atoms with Crippen molar-refractivity contribution in [3.63, 3.8) is 0 Å². The van der Waals surface area contributed by atoms with E-state index in [1.54, 1.807) is 6.92 Å². The van der Waals surface area contributed by atoms with E-state index in [0.29, 0.717) is 6.08 Å². The number of carboxylic acids is 1. The predicted molar refractivity (Wildman–Crippen MR) is 54.0 cm³/mol. The summed E-state index contributed by atoms with van der Waals surface area (Å²) in [6, 6.07) is 0. The molecule has 0 radical (unpaired) electrons. The highest BCUT2D eigenvalue weighted by molar-refractivity contribution is 5.94. The van der Waals surface area contributed by atoms with Gasteiger partial charge in [0, 0.05) is 18.6 Å². The first-order valence-corrected chi connectivity index (χ1v) is 4.59. The van der Waals surface area contributed by atoms with Crippen LogP contribution in [-0.4, -0.2) is 34.1 Å². The molecule has 1 atom stereocenters. The van der Waals surface area contributed by atoms with Gasteiger partial charge < -0.3 is 10.2 Å². The third kappa shape index (κ3) is 8.70. The first kappa shape index (κ1) is 14.1. The Hall–Kier alpha value is -1.89. The molecule has 4 N–H and O–H groups in total. The summed E-state index contributed by atoms with van der Waals surface area (Å²) in [6.07, 6.45) is 1.19. The summed E-state index contributed by atoms with van der Waals surface area (Å²) in [6.45, 7) is 1.54. The van der Waals surface area contributed by atoms with Crippen LogP contribution in [0.15, 0.2) is 12.2 Å². The van der Waals surface area contributed by atoms with Gasteiger partial charge in [0.05, 0.1) is 6.10 Å². The molecule has 0 bridgehead atoms. The van der Waals surface area contributed by atoms with Gasteiger partial charge in [-0.2, -0.15) is 0 Å². The average molecular weight is 230 g/mol. The predicted octanol–water partition coefficient (Wildman–Crippen LogP) is -1.06. The Kier molecular flexibility index (Phi) is 6.53. The van der Waals surface area contributed by atoms with Gasteiger partial charge in [-0.05, 0) is 13.3 Å². The van der Waals surface area contributed by atoms with Crippen LogP contribution in [0.25, 0.3) is 0 Å². The maximum absolute atomic E-state index is 11.0. The second-order valence-corrected chi connectivity index (χ2v) is 3.10. The van der Waals surface area contributed by atoms with E-state index in [0.717, 1.165) is 6.08 Å². The largest absolute Gasteiger partial charge is 0.478 e. The summed E-state index contributed by atoms with van der Waals surface area (Å²) in [7, 11) is 0. The number of aliphatic hydroxyl groups excluding tert-OH is 1. The third-order valence-electron chi connectivity index (χ3n) is 1.49. The van der Waals surface area contributed by atoms with E-state index < -0.39 is 23.9 Å². The minimum absolute atomic E-state index is 0.0700. The molecule has 0 aromatic heterocycles. The number of amides is 2. The second-order valence-electron chi connectivity index (χ2n) is 3.10. The molecule has 0 aliphatic heterocycles. The van der Waals surface area contributed by atoms with Crippen molar-refractivity contribution in [2.24, 2.45) is 0 Å². The molecule has 0 heterocycles. The number of carbonyl (C=O) groups is 3. The van der Waals surface area contributed by atoms with Crippen molar-refractivity contribution >= 4 is 17.8 Å². The number of carboxylic acid groups (broad SMARTS) is 1. The van der Waals surface area contributed by atoms with Crippen molar-refractivity contribution in [1.29, 1.82) is 0 Å². The van der Waals surface area contributed by atoms with Crippen LogP contribution in [0.1, 0.15) is 19.8 Å². The lowest BCUT2D eigenvalue weighted by molar-refractivity contribution is -0.131. The zero-order chi connectivity index (χ0) is 12.6. The fraction of sp³-hybridized carbons (Fsp3) is 0.444. The van der Waals surface area contributed by atoms with E-state index >= 15 is 0 Å². The van der Waals surface area contributed by atoms with Crippen molar-refractivity contribution in [2.45, 2.75) is 25.9 Å². The zero-order valence-electron chi connectivity index (χ0n) is 8.77. The van der Waals surface area contributed by atoms with Crippen LogP contribution in [0.5, 0.6) is 0 Å². The Balaban J connectivity index is 3.75. The Bertz CT molecular complexity index is 298. The van der Waals surface area contributed by atoms with Crippen LogP contribution in [0, 0.1) is 0 Å². The van der Waals surface area contributed by atoms with E-state index in [9.17, 15) is 14.4 Å². The van der Waals surface area contributed by atoms with Gasteiger partial charge in [-0.1, -0.05) is 0 Å². The van der Waals surface area contributed by atoms with Gasteiger partial charge in [0.15, 0.2) is 0 Å². The van der Waals surface area contributed by atoms with Crippen molar-refractivity contribution in [3.05, 3.63) is 12.2 Å². The van der Waals surface area contributed by atoms with Crippen LogP contribution in [0.2, 0.25) is 0 Å². The molecule has 1 unspecified atom stereocenters. The van der Waals surface area contributed by atoms with Crippen molar-refractivity contribution < 1.29 is 24.6 Å². The molecular formula is C9H14N2O5. The molecule has 0 aliphatic rings.